The Kier molecular flexibility index (Phi) is 4.93. The van der Waals surface area contributed by atoms with Crippen LogP contribution in [0, 0.1) is 0 Å². The Balaban J connectivity index is 2.38. The standard InChI is InChI=1S/C16H21N3O/c1-3-9-17-14-11-15(16(20)18-10-4-2)19-13-8-6-5-7-12(13)14/h5-8,11H,3-4,9-10H2,1-2H3,(H,17,19)(H,18,20). The molecular formula is C16H21N3O. The largest absolute Gasteiger partial charge is 0.384 e. The summed E-state index contributed by atoms with van der Waals surface area (Å²) in [7, 11) is 0. The van der Waals surface area contributed by atoms with Crippen molar-refractivity contribution in [2.75, 3.05) is 18.4 Å². The molecule has 0 spiro atoms. The zero-order valence-corrected chi connectivity index (χ0v) is 12.1. The summed E-state index contributed by atoms with van der Waals surface area (Å²) in [5.41, 5.74) is 2.28. The molecule has 0 aliphatic carbocycles. The van der Waals surface area contributed by atoms with Gasteiger partial charge in [-0.15, -0.1) is 0 Å². The lowest BCUT2D eigenvalue weighted by atomic mass is 10.1. The average molecular weight is 271 g/mol. The van der Waals surface area contributed by atoms with E-state index in [9.17, 15) is 4.79 Å². The van der Waals surface area contributed by atoms with Crippen molar-refractivity contribution in [2.24, 2.45) is 0 Å². The third kappa shape index (κ3) is 3.26. The van der Waals surface area contributed by atoms with Crippen LogP contribution in [0.3, 0.4) is 0 Å². The molecule has 0 saturated heterocycles. The number of amides is 1. The molecule has 106 valence electrons. The van der Waals surface area contributed by atoms with Gasteiger partial charge in [-0.2, -0.15) is 0 Å². The number of hydrogen-bond donors (Lipinski definition) is 2. The Hall–Kier alpha value is -2.10. The van der Waals surface area contributed by atoms with Crippen LogP contribution in [-0.4, -0.2) is 24.0 Å². The first kappa shape index (κ1) is 14.3. The summed E-state index contributed by atoms with van der Waals surface area (Å²) in [5.74, 6) is -0.114. The first-order chi connectivity index (χ1) is 9.76. The van der Waals surface area contributed by atoms with Gasteiger partial charge >= 0.3 is 0 Å². The zero-order valence-electron chi connectivity index (χ0n) is 12.1. The average Bonchev–Trinajstić information content (AvgIpc) is 2.49. The molecule has 2 rings (SSSR count). The summed E-state index contributed by atoms with van der Waals surface area (Å²) >= 11 is 0. The molecule has 0 unspecified atom stereocenters. The van der Waals surface area contributed by atoms with Crippen LogP contribution in [0.1, 0.15) is 37.2 Å². The molecule has 2 N–H and O–H groups in total. The predicted molar refractivity (Wildman–Crippen MR) is 83.1 cm³/mol. The fourth-order valence-corrected chi connectivity index (χ4v) is 2.03. The number of benzene rings is 1. The van der Waals surface area contributed by atoms with Crippen LogP contribution < -0.4 is 10.6 Å². The van der Waals surface area contributed by atoms with E-state index in [4.69, 9.17) is 0 Å². The molecule has 4 heteroatoms. The van der Waals surface area contributed by atoms with Gasteiger partial charge in [0.1, 0.15) is 5.69 Å². The maximum Gasteiger partial charge on any atom is 0.269 e. The van der Waals surface area contributed by atoms with Crippen molar-refractivity contribution in [1.82, 2.24) is 10.3 Å². The summed E-state index contributed by atoms with van der Waals surface area (Å²) in [4.78, 5) is 16.5. The molecule has 0 radical (unpaired) electrons. The minimum absolute atomic E-state index is 0.114. The molecule has 1 aromatic heterocycles. The van der Waals surface area contributed by atoms with E-state index in [0.717, 1.165) is 36.0 Å². The lowest BCUT2D eigenvalue weighted by Gasteiger charge is -2.11. The number of pyridine rings is 1. The fraction of sp³-hybridized carbons (Fsp3) is 0.375. The van der Waals surface area contributed by atoms with E-state index >= 15 is 0 Å². The van der Waals surface area contributed by atoms with Crippen LogP contribution in [-0.2, 0) is 0 Å². The van der Waals surface area contributed by atoms with Gasteiger partial charge < -0.3 is 10.6 Å². The molecule has 0 saturated carbocycles. The Morgan fingerprint density at radius 1 is 1.15 bits per heavy atom. The molecule has 0 bridgehead atoms. The van der Waals surface area contributed by atoms with Crippen molar-refractivity contribution < 1.29 is 4.79 Å². The van der Waals surface area contributed by atoms with E-state index < -0.39 is 0 Å². The number of nitrogens with one attached hydrogen (secondary N) is 2. The summed E-state index contributed by atoms with van der Waals surface area (Å²) in [6, 6.07) is 9.71. The van der Waals surface area contributed by atoms with Gasteiger partial charge in [-0.1, -0.05) is 32.0 Å². The van der Waals surface area contributed by atoms with Gasteiger partial charge in [0.15, 0.2) is 0 Å². The maximum absolute atomic E-state index is 12.1. The number of aromatic nitrogens is 1. The second-order valence-corrected chi connectivity index (χ2v) is 4.75. The number of nitrogens with zero attached hydrogens (tertiary/aromatic N) is 1. The normalized spacial score (nSPS) is 10.5. The third-order valence-electron chi connectivity index (χ3n) is 3.05. The number of carbonyl (C=O) groups is 1. The van der Waals surface area contributed by atoms with Crippen molar-refractivity contribution in [3.05, 3.63) is 36.0 Å². The molecule has 1 heterocycles. The summed E-state index contributed by atoms with van der Waals surface area (Å²) in [6.45, 7) is 5.70. The molecule has 0 aliphatic rings. The van der Waals surface area contributed by atoms with E-state index in [1.54, 1.807) is 0 Å². The minimum atomic E-state index is -0.114. The molecular weight excluding hydrogens is 250 g/mol. The monoisotopic (exact) mass is 271 g/mol. The van der Waals surface area contributed by atoms with Gasteiger partial charge in [-0.25, -0.2) is 4.98 Å². The molecule has 2 aromatic rings. The Bertz CT molecular complexity index is 595. The van der Waals surface area contributed by atoms with Gasteiger partial charge in [0.25, 0.3) is 5.91 Å². The van der Waals surface area contributed by atoms with Gasteiger partial charge in [-0.3, -0.25) is 4.79 Å². The second-order valence-electron chi connectivity index (χ2n) is 4.75. The van der Waals surface area contributed by atoms with Gasteiger partial charge in [-0.05, 0) is 25.0 Å². The first-order valence-electron chi connectivity index (χ1n) is 7.18. The first-order valence-corrected chi connectivity index (χ1v) is 7.18. The van der Waals surface area contributed by atoms with E-state index in [1.165, 1.54) is 0 Å². The van der Waals surface area contributed by atoms with Gasteiger partial charge in [0, 0.05) is 24.2 Å². The molecule has 0 aliphatic heterocycles. The van der Waals surface area contributed by atoms with Crippen molar-refractivity contribution in [3.8, 4) is 0 Å². The number of rotatable bonds is 6. The van der Waals surface area contributed by atoms with Crippen LogP contribution in [0.4, 0.5) is 5.69 Å². The Morgan fingerprint density at radius 3 is 2.65 bits per heavy atom. The molecule has 4 nitrogen and oxygen atoms in total. The van der Waals surface area contributed by atoms with Crippen molar-refractivity contribution >= 4 is 22.5 Å². The molecule has 1 aromatic carbocycles. The van der Waals surface area contributed by atoms with E-state index in [1.807, 2.05) is 37.3 Å². The lowest BCUT2D eigenvalue weighted by Crippen LogP contribution is -2.25. The maximum atomic E-state index is 12.1. The number of fused-ring (bicyclic) bond motifs is 1. The summed E-state index contributed by atoms with van der Waals surface area (Å²) in [5, 5.41) is 7.29. The second kappa shape index (κ2) is 6.89. The van der Waals surface area contributed by atoms with Crippen molar-refractivity contribution in [2.45, 2.75) is 26.7 Å². The molecule has 0 fully saturated rings. The minimum Gasteiger partial charge on any atom is -0.384 e. The SMILES string of the molecule is CCCNC(=O)c1cc(NCCC)c2ccccc2n1. The molecule has 1 amide bonds. The van der Waals surface area contributed by atoms with E-state index in [2.05, 4.69) is 22.5 Å². The highest BCUT2D eigenvalue weighted by Crippen LogP contribution is 2.23. The topological polar surface area (TPSA) is 54.0 Å². The highest BCUT2D eigenvalue weighted by atomic mass is 16.1. The van der Waals surface area contributed by atoms with Crippen LogP contribution in [0.15, 0.2) is 30.3 Å². The van der Waals surface area contributed by atoms with Crippen LogP contribution in [0.25, 0.3) is 10.9 Å². The number of carbonyl (C=O) groups excluding carboxylic acids is 1. The zero-order chi connectivity index (χ0) is 14.4. The van der Waals surface area contributed by atoms with Gasteiger partial charge in [0.2, 0.25) is 0 Å². The van der Waals surface area contributed by atoms with E-state index in [-0.39, 0.29) is 5.91 Å². The van der Waals surface area contributed by atoms with Crippen LogP contribution in [0.5, 0.6) is 0 Å². The van der Waals surface area contributed by atoms with Gasteiger partial charge in [0.05, 0.1) is 5.52 Å². The molecule has 20 heavy (non-hydrogen) atoms. The highest BCUT2D eigenvalue weighted by molar-refractivity contribution is 5.99. The Labute approximate surface area is 119 Å². The Morgan fingerprint density at radius 2 is 1.90 bits per heavy atom. The van der Waals surface area contributed by atoms with Crippen LogP contribution >= 0.6 is 0 Å². The highest BCUT2D eigenvalue weighted by Gasteiger charge is 2.11. The van der Waals surface area contributed by atoms with E-state index in [0.29, 0.717) is 12.2 Å². The lowest BCUT2D eigenvalue weighted by molar-refractivity contribution is 0.0949. The summed E-state index contributed by atoms with van der Waals surface area (Å²) < 4.78 is 0. The van der Waals surface area contributed by atoms with Crippen molar-refractivity contribution in [1.29, 1.82) is 0 Å². The summed E-state index contributed by atoms with van der Waals surface area (Å²) in [6.07, 6.45) is 1.95. The third-order valence-corrected chi connectivity index (χ3v) is 3.05. The van der Waals surface area contributed by atoms with Crippen LogP contribution in [0.2, 0.25) is 0 Å². The predicted octanol–water partition coefficient (Wildman–Crippen LogP) is 3.20. The van der Waals surface area contributed by atoms with Crippen molar-refractivity contribution in [3.63, 3.8) is 0 Å². The number of anilines is 1. The number of hydrogen-bond acceptors (Lipinski definition) is 3. The quantitative estimate of drug-likeness (QED) is 0.848. The fourth-order valence-electron chi connectivity index (χ4n) is 2.03. The smallest absolute Gasteiger partial charge is 0.269 e. The molecule has 0 atom stereocenters. The number of para-hydroxylation sites is 1.